The summed E-state index contributed by atoms with van der Waals surface area (Å²) in [6.45, 7) is 9.49. The molecule has 0 aliphatic rings. The van der Waals surface area contributed by atoms with Crippen LogP contribution in [0.2, 0.25) is 0 Å². The van der Waals surface area contributed by atoms with Crippen LogP contribution in [0, 0.1) is 27.7 Å². The van der Waals surface area contributed by atoms with Crippen LogP contribution >= 0.6 is 11.3 Å². The number of aromatic nitrogens is 2. The molecule has 1 amide bonds. The zero-order valence-corrected chi connectivity index (χ0v) is 19.1. The number of amides is 1. The molecule has 6 heteroatoms. The lowest BCUT2D eigenvalue weighted by Crippen LogP contribution is -2.33. The first-order valence-electron chi connectivity index (χ1n) is 10.2. The second-order valence-electron chi connectivity index (χ2n) is 7.97. The Balaban J connectivity index is 1.72. The molecule has 0 bridgehead atoms. The number of rotatable bonds is 4. The number of nitrogens with one attached hydrogen (secondary N) is 1. The molecule has 0 aliphatic heterocycles. The number of aryl methyl sites for hydroxylation is 4. The molecule has 158 valence electrons. The van der Waals surface area contributed by atoms with Crippen molar-refractivity contribution in [2.45, 2.75) is 40.7 Å². The highest BCUT2D eigenvalue weighted by atomic mass is 32.1. The van der Waals surface area contributed by atoms with Crippen LogP contribution in [0.15, 0.2) is 53.3 Å². The van der Waals surface area contributed by atoms with Gasteiger partial charge < -0.3 is 5.32 Å². The molecule has 0 spiro atoms. The second kappa shape index (κ2) is 8.12. The number of anilines is 1. The first-order chi connectivity index (χ1) is 14.8. The molecule has 0 radical (unpaired) electrons. The third-order valence-electron chi connectivity index (χ3n) is 5.52. The molecule has 2 aromatic carbocycles. The van der Waals surface area contributed by atoms with Crippen LogP contribution in [-0.2, 0) is 4.79 Å². The molecular formula is C25H25N3O2S. The van der Waals surface area contributed by atoms with Crippen molar-refractivity contribution in [1.29, 1.82) is 0 Å². The number of nitrogens with zero attached hydrogens (tertiary/aromatic N) is 2. The van der Waals surface area contributed by atoms with Crippen LogP contribution in [-0.4, -0.2) is 15.5 Å². The van der Waals surface area contributed by atoms with Gasteiger partial charge in [-0.25, -0.2) is 4.98 Å². The molecule has 0 saturated heterocycles. The van der Waals surface area contributed by atoms with Crippen molar-refractivity contribution in [3.05, 3.63) is 81.4 Å². The van der Waals surface area contributed by atoms with E-state index in [1.54, 1.807) is 13.8 Å². The summed E-state index contributed by atoms with van der Waals surface area (Å²) in [6.07, 6.45) is 0. The number of thiophene rings is 1. The Labute approximate surface area is 185 Å². The molecule has 2 heterocycles. The summed E-state index contributed by atoms with van der Waals surface area (Å²) in [4.78, 5) is 32.7. The van der Waals surface area contributed by atoms with Crippen molar-refractivity contribution >= 4 is 33.1 Å². The van der Waals surface area contributed by atoms with Crippen LogP contribution in [0.3, 0.4) is 0 Å². The van der Waals surface area contributed by atoms with Gasteiger partial charge in [0.25, 0.3) is 5.56 Å². The van der Waals surface area contributed by atoms with E-state index in [2.05, 4.69) is 10.3 Å². The van der Waals surface area contributed by atoms with E-state index in [9.17, 15) is 9.59 Å². The first-order valence-corrected chi connectivity index (χ1v) is 11.0. The molecule has 1 N–H and O–H groups in total. The van der Waals surface area contributed by atoms with Gasteiger partial charge in [-0.2, -0.15) is 0 Å². The Kier molecular flexibility index (Phi) is 5.50. The summed E-state index contributed by atoms with van der Waals surface area (Å²) in [7, 11) is 0. The van der Waals surface area contributed by atoms with E-state index in [-0.39, 0.29) is 11.5 Å². The van der Waals surface area contributed by atoms with Crippen LogP contribution in [0.4, 0.5) is 5.69 Å². The van der Waals surface area contributed by atoms with E-state index in [4.69, 9.17) is 0 Å². The molecule has 1 atom stereocenters. The summed E-state index contributed by atoms with van der Waals surface area (Å²) in [6, 6.07) is 15.2. The lowest BCUT2D eigenvalue weighted by molar-refractivity contribution is -0.118. The van der Waals surface area contributed by atoms with Crippen LogP contribution in [0.5, 0.6) is 0 Å². The Hall–Kier alpha value is -3.25. The van der Waals surface area contributed by atoms with Crippen LogP contribution in [0.1, 0.15) is 35.5 Å². The van der Waals surface area contributed by atoms with Gasteiger partial charge in [-0.1, -0.05) is 48.0 Å². The Morgan fingerprint density at radius 1 is 1.03 bits per heavy atom. The van der Waals surface area contributed by atoms with Gasteiger partial charge in [-0.3, -0.25) is 14.2 Å². The van der Waals surface area contributed by atoms with Crippen molar-refractivity contribution < 1.29 is 4.79 Å². The Morgan fingerprint density at radius 3 is 2.32 bits per heavy atom. The lowest BCUT2D eigenvalue weighted by Gasteiger charge is -2.19. The van der Waals surface area contributed by atoms with Gasteiger partial charge >= 0.3 is 0 Å². The third kappa shape index (κ3) is 3.91. The monoisotopic (exact) mass is 431 g/mol. The maximum Gasteiger partial charge on any atom is 0.263 e. The quantitative estimate of drug-likeness (QED) is 0.460. The molecular weight excluding hydrogens is 406 g/mol. The normalized spacial score (nSPS) is 12.2. The molecule has 0 aliphatic carbocycles. The fourth-order valence-electron chi connectivity index (χ4n) is 4.02. The summed E-state index contributed by atoms with van der Waals surface area (Å²) in [5.41, 5.74) is 4.80. The maximum atomic E-state index is 13.3. The minimum absolute atomic E-state index is 0.194. The number of fused-ring (bicyclic) bond motifs is 1. The van der Waals surface area contributed by atoms with E-state index in [0.29, 0.717) is 16.0 Å². The van der Waals surface area contributed by atoms with E-state index >= 15 is 0 Å². The molecule has 4 rings (SSSR count). The molecule has 0 saturated carbocycles. The van der Waals surface area contributed by atoms with Gasteiger partial charge in [0.05, 0.1) is 5.39 Å². The van der Waals surface area contributed by atoms with Crippen LogP contribution in [0.25, 0.3) is 20.7 Å². The van der Waals surface area contributed by atoms with E-state index in [0.717, 1.165) is 32.8 Å². The number of carbonyl (C=O) groups is 1. The van der Waals surface area contributed by atoms with Gasteiger partial charge in [0.2, 0.25) is 5.91 Å². The van der Waals surface area contributed by atoms with Crippen LogP contribution < -0.4 is 10.9 Å². The molecule has 0 fully saturated rings. The molecule has 2 aromatic heterocycles. The predicted octanol–water partition coefficient (Wildman–Crippen LogP) is 5.56. The van der Waals surface area contributed by atoms with E-state index in [1.807, 2.05) is 69.3 Å². The summed E-state index contributed by atoms with van der Waals surface area (Å²) >= 11 is 1.49. The minimum Gasteiger partial charge on any atom is -0.324 e. The topological polar surface area (TPSA) is 64.0 Å². The molecule has 5 nitrogen and oxygen atoms in total. The van der Waals surface area contributed by atoms with E-state index < -0.39 is 6.04 Å². The number of hydrogen-bond donors (Lipinski definition) is 1. The first kappa shape index (κ1) is 21.0. The number of benzene rings is 2. The molecule has 1 unspecified atom stereocenters. The van der Waals surface area contributed by atoms with Crippen molar-refractivity contribution in [2.75, 3.05) is 5.32 Å². The standard InChI is InChI=1S/C25H25N3O2S/c1-14-11-15(2)22(16(3)12-14)27-23(29)17(4)28-18(5)26-24-20(25(28)30)13-21(31-24)19-9-7-6-8-10-19/h6-13,17H,1-5H3,(H,27,29). The average molecular weight is 432 g/mol. The lowest BCUT2D eigenvalue weighted by atomic mass is 10.0. The highest BCUT2D eigenvalue weighted by Crippen LogP contribution is 2.31. The van der Waals surface area contributed by atoms with Crippen molar-refractivity contribution in [1.82, 2.24) is 9.55 Å². The zero-order chi connectivity index (χ0) is 22.3. The zero-order valence-electron chi connectivity index (χ0n) is 18.3. The van der Waals surface area contributed by atoms with E-state index in [1.165, 1.54) is 15.9 Å². The average Bonchev–Trinajstić information content (AvgIpc) is 3.15. The van der Waals surface area contributed by atoms with Gasteiger partial charge in [0.1, 0.15) is 16.7 Å². The Bertz CT molecular complexity index is 1330. The predicted molar refractivity (Wildman–Crippen MR) is 128 cm³/mol. The summed E-state index contributed by atoms with van der Waals surface area (Å²) < 4.78 is 1.48. The largest absolute Gasteiger partial charge is 0.324 e. The SMILES string of the molecule is Cc1cc(C)c(NC(=O)C(C)n2c(C)nc3sc(-c4ccccc4)cc3c2=O)c(C)c1. The van der Waals surface area contributed by atoms with Gasteiger partial charge in [0.15, 0.2) is 0 Å². The maximum absolute atomic E-state index is 13.3. The van der Waals surface area contributed by atoms with Crippen molar-refractivity contribution in [2.24, 2.45) is 0 Å². The smallest absolute Gasteiger partial charge is 0.263 e. The number of hydrogen-bond acceptors (Lipinski definition) is 4. The fourth-order valence-corrected chi connectivity index (χ4v) is 5.09. The highest BCUT2D eigenvalue weighted by Gasteiger charge is 2.22. The fraction of sp³-hybridized carbons (Fsp3) is 0.240. The second-order valence-corrected chi connectivity index (χ2v) is 9.00. The third-order valence-corrected chi connectivity index (χ3v) is 6.60. The Morgan fingerprint density at radius 2 is 1.68 bits per heavy atom. The summed E-state index contributed by atoms with van der Waals surface area (Å²) in [5.74, 6) is 0.291. The van der Waals surface area contributed by atoms with Gasteiger partial charge in [-0.15, -0.1) is 11.3 Å². The highest BCUT2D eigenvalue weighted by molar-refractivity contribution is 7.21. The minimum atomic E-state index is -0.690. The van der Waals surface area contributed by atoms with Gasteiger partial charge in [0, 0.05) is 10.6 Å². The number of carbonyl (C=O) groups excluding carboxylic acids is 1. The van der Waals surface area contributed by atoms with Crippen molar-refractivity contribution in [3.8, 4) is 10.4 Å². The molecule has 4 aromatic rings. The summed E-state index contributed by atoms with van der Waals surface area (Å²) in [5, 5.41) is 3.55. The van der Waals surface area contributed by atoms with Gasteiger partial charge in [-0.05, 0) is 57.4 Å². The van der Waals surface area contributed by atoms with Crippen molar-refractivity contribution in [3.63, 3.8) is 0 Å². The molecule has 31 heavy (non-hydrogen) atoms.